The predicted octanol–water partition coefficient (Wildman–Crippen LogP) is 1.19. The number of hydrazine groups is 1. The molecule has 2 fully saturated rings. The van der Waals surface area contributed by atoms with E-state index in [0.29, 0.717) is 0 Å². The van der Waals surface area contributed by atoms with Crippen molar-refractivity contribution in [2.75, 3.05) is 27.2 Å². The summed E-state index contributed by atoms with van der Waals surface area (Å²) in [6, 6.07) is 0. The summed E-state index contributed by atoms with van der Waals surface area (Å²) >= 11 is 0. The van der Waals surface area contributed by atoms with Gasteiger partial charge in [0.25, 0.3) is 0 Å². The lowest BCUT2D eigenvalue weighted by Crippen LogP contribution is -2.35. The van der Waals surface area contributed by atoms with Gasteiger partial charge < -0.3 is 0 Å². The Morgan fingerprint density at radius 1 is 1.09 bits per heavy atom. The average molecular weight is 154 g/mol. The number of fused-ring (bicyclic) bond motifs is 1. The molecule has 1 saturated carbocycles. The van der Waals surface area contributed by atoms with Crippen LogP contribution in [0, 0.1) is 11.8 Å². The third-order valence-corrected chi connectivity index (χ3v) is 3.27. The maximum Gasteiger partial charge on any atom is 0.0164 e. The van der Waals surface area contributed by atoms with Crippen LogP contribution in [0.2, 0.25) is 0 Å². The summed E-state index contributed by atoms with van der Waals surface area (Å²) in [7, 11) is 4.31. The van der Waals surface area contributed by atoms with E-state index in [0.717, 1.165) is 11.8 Å². The van der Waals surface area contributed by atoms with Crippen molar-refractivity contribution in [3.05, 3.63) is 0 Å². The minimum absolute atomic E-state index is 1.03. The highest BCUT2D eigenvalue weighted by Crippen LogP contribution is 2.37. The van der Waals surface area contributed by atoms with Gasteiger partial charge in [0.1, 0.15) is 0 Å². The first-order valence-corrected chi connectivity index (χ1v) is 4.69. The molecule has 0 aromatic rings. The first kappa shape index (κ1) is 7.56. The quantitative estimate of drug-likeness (QED) is 0.560. The smallest absolute Gasteiger partial charge is 0.0164 e. The number of hydrogen-bond donors (Lipinski definition) is 0. The van der Waals surface area contributed by atoms with Gasteiger partial charge in [-0.1, -0.05) is 6.42 Å². The van der Waals surface area contributed by atoms with Crippen LogP contribution in [0.4, 0.5) is 0 Å². The molecule has 1 aliphatic carbocycles. The largest absolute Gasteiger partial charge is 0.248 e. The maximum absolute atomic E-state index is 2.48. The van der Waals surface area contributed by atoms with Crippen molar-refractivity contribution in [3.63, 3.8) is 0 Å². The molecule has 11 heavy (non-hydrogen) atoms. The molecule has 2 heteroatoms. The van der Waals surface area contributed by atoms with Crippen molar-refractivity contribution in [2.45, 2.75) is 19.3 Å². The van der Waals surface area contributed by atoms with E-state index in [4.69, 9.17) is 0 Å². The van der Waals surface area contributed by atoms with E-state index in [1.807, 2.05) is 0 Å². The van der Waals surface area contributed by atoms with Crippen molar-refractivity contribution in [1.82, 2.24) is 10.0 Å². The topological polar surface area (TPSA) is 6.48 Å². The summed E-state index contributed by atoms with van der Waals surface area (Å²) in [6.45, 7) is 2.63. The molecule has 1 saturated heterocycles. The monoisotopic (exact) mass is 154 g/mol. The highest BCUT2D eigenvalue weighted by atomic mass is 15.6. The zero-order valence-corrected chi connectivity index (χ0v) is 7.58. The van der Waals surface area contributed by atoms with E-state index in [2.05, 4.69) is 24.1 Å². The molecular weight excluding hydrogens is 136 g/mol. The Bertz CT molecular complexity index is 132. The van der Waals surface area contributed by atoms with E-state index in [1.165, 1.54) is 32.4 Å². The van der Waals surface area contributed by atoms with Crippen molar-refractivity contribution in [3.8, 4) is 0 Å². The Labute approximate surface area is 69.1 Å². The Hall–Kier alpha value is -0.0800. The third kappa shape index (κ3) is 1.30. The lowest BCUT2D eigenvalue weighted by molar-refractivity contribution is 0.0440. The normalized spacial score (nSPS) is 38.5. The van der Waals surface area contributed by atoms with Gasteiger partial charge in [0.05, 0.1) is 0 Å². The Morgan fingerprint density at radius 3 is 2.09 bits per heavy atom. The van der Waals surface area contributed by atoms with Crippen molar-refractivity contribution < 1.29 is 0 Å². The van der Waals surface area contributed by atoms with Gasteiger partial charge in [-0.05, 0) is 24.7 Å². The number of rotatable bonds is 1. The molecule has 64 valence electrons. The molecule has 2 unspecified atom stereocenters. The van der Waals surface area contributed by atoms with Gasteiger partial charge in [-0.2, -0.15) is 0 Å². The van der Waals surface area contributed by atoms with E-state index < -0.39 is 0 Å². The van der Waals surface area contributed by atoms with Crippen molar-refractivity contribution in [1.29, 1.82) is 0 Å². The second-order valence-corrected chi connectivity index (χ2v) is 4.17. The molecule has 0 N–H and O–H groups in total. The van der Waals surface area contributed by atoms with Crippen LogP contribution in [0.25, 0.3) is 0 Å². The van der Waals surface area contributed by atoms with Crippen LogP contribution in [0.5, 0.6) is 0 Å². The highest BCUT2D eigenvalue weighted by molar-refractivity contribution is 4.86. The number of hydrogen-bond acceptors (Lipinski definition) is 2. The van der Waals surface area contributed by atoms with Gasteiger partial charge in [0.15, 0.2) is 0 Å². The molecule has 0 bridgehead atoms. The summed E-state index contributed by atoms with van der Waals surface area (Å²) < 4.78 is 0. The molecule has 0 radical (unpaired) electrons. The zero-order valence-electron chi connectivity index (χ0n) is 7.58. The molecular formula is C9H18N2. The molecule has 1 aliphatic heterocycles. The minimum Gasteiger partial charge on any atom is -0.248 e. The lowest BCUT2D eigenvalue weighted by Gasteiger charge is -2.24. The van der Waals surface area contributed by atoms with Crippen LogP contribution >= 0.6 is 0 Å². The van der Waals surface area contributed by atoms with Crippen LogP contribution in [-0.4, -0.2) is 37.2 Å². The molecule has 0 aromatic heterocycles. The molecule has 0 aromatic carbocycles. The standard InChI is InChI=1S/C9H18N2/c1-10(2)11-6-8-4-3-5-9(8)7-11/h8-9H,3-7H2,1-2H3. The fraction of sp³-hybridized carbons (Fsp3) is 1.00. The predicted molar refractivity (Wildman–Crippen MR) is 46.1 cm³/mol. The second kappa shape index (κ2) is 2.76. The van der Waals surface area contributed by atoms with Crippen LogP contribution in [0.1, 0.15) is 19.3 Å². The summed E-state index contributed by atoms with van der Waals surface area (Å²) in [5, 5.41) is 4.73. The minimum atomic E-state index is 1.03. The van der Waals surface area contributed by atoms with E-state index in [1.54, 1.807) is 0 Å². The van der Waals surface area contributed by atoms with Gasteiger partial charge in [-0.3, -0.25) is 0 Å². The van der Waals surface area contributed by atoms with Crippen molar-refractivity contribution in [2.24, 2.45) is 11.8 Å². The fourth-order valence-corrected chi connectivity index (χ4v) is 2.54. The molecule has 0 amide bonds. The first-order chi connectivity index (χ1) is 5.27. The molecule has 2 atom stereocenters. The summed E-state index contributed by atoms with van der Waals surface area (Å²) in [6.07, 6.45) is 4.45. The highest BCUT2D eigenvalue weighted by Gasteiger charge is 2.36. The zero-order chi connectivity index (χ0) is 7.84. The number of nitrogens with zero attached hydrogens (tertiary/aromatic N) is 2. The Morgan fingerprint density at radius 2 is 1.64 bits per heavy atom. The van der Waals surface area contributed by atoms with Gasteiger partial charge in [0, 0.05) is 27.2 Å². The third-order valence-electron chi connectivity index (χ3n) is 3.27. The fourth-order valence-electron chi connectivity index (χ4n) is 2.54. The Kier molecular flexibility index (Phi) is 1.90. The van der Waals surface area contributed by atoms with Crippen LogP contribution < -0.4 is 0 Å². The Balaban J connectivity index is 1.94. The molecule has 2 nitrogen and oxygen atoms in total. The van der Waals surface area contributed by atoms with E-state index in [-0.39, 0.29) is 0 Å². The molecule has 0 spiro atoms. The van der Waals surface area contributed by atoms with E-state index in [9.17, 15) is 0 Å². The molecule has 2 rings (SSSR count). The lowest BCUT2D eigenvalue weighted by atomic mass is 10.0. The van der Waals surface area contributed by atoms with Crippen LogP contribution in [0.15, 0.2) is 0 Å². The SMILES string of the molecule is CN(C)N1CC2CCCC2C1. The van der Waals surface area contributed by atoms with Crippen LogP contribution in [-0.2, 0) is 0 Å². The summed E-state index contributed by atoms with van der Waals surface area (Å²) in [5.41, 5.74) is 0. The second-order valence-electron chi connectivity index (χ2n) is 4.17. The van der Waals surface area contributed by atoms with E-state index >= 15 is 0 Å². The summed E-state index contributed by atoms with van der Waals surface area (Å²) in [5.74, 6) is 2.05. The van der Waals surface area contributed by atoms with Gasteiger partial charge in [-0.15, -0.1) is 0 Å². The van der Waals surface area contributed by atoms with Crippen molar-refractivity contribution >= 4 is 0 Å². The first-order valence-electron chi connectivity index (χ1n) is 4.69. The average Bonchev–Trinajstić information content (AvgIpc) is 2.40. The molecule has 1 heterocycles. The van der Waals surface area contributed by atoms with Crippen LogP contribution in [0.3, 0.4) is 0 Å². The van der Waals surface area contributed by atoms with Gasteiger partial charge in [0.2, 0.25) is 0 Å². The summed E-state index contributed by atoms with van der Waals surface area (Å²) in [4.78, 5) is 0. The molecule has 2 aliphatic rings. The maximum atomic E-state index is 2.48. The van der Waals surface area contributed by atoms with Gasteiger partial charge in [-0.25, -0.2) is 10.0 Å². The van der Waals surface area contributed by atoms with Gasteiger partial charge >= 0.3 is 0 Å².